The molecule has 6 heteroatoms. The lowest BCUT2D eigenvalue weighted by Crippen LogP contribution is -2.12. The van der Waals surface area contributed by atoms with E-state index in [2.05, 4.69) is 0 Å². The summed E-state index contributed by atoms with van der Waals surface area (Å²) in [5.41, 5.74) is 2.53. The second-order valence-corrected chi connectivity index (χ2v) is 4.86. The molecule has 0 saturated carbocycles. The van der Waals surface area contributed by atoms with E-state index in [4.69, 9.17) is 10.5 Å². The fourth-order valence-electron chi connectivity index (χ4n) is 1.45. The van der Waals surface area contributed by atoms with Crippen LogP contribution in [-0.4, -0.2) is 17.9 Å². The van der Waals surface area contributed by atoms with Gasteiger partial charge in [0, 0.05) is 17.4 Å². The average molecular weight is 279 g/mol. The van der Waals surface area contributed by atoms with Crippen LogP contribution in [0.5, 0.6) is 5.75 Å². The van der Waals surface area contributed by atoms with E-state index in [1.54, 1.807) is 12.1 Å². The first-order valence-electron chi connectivity index (χ1n) is 5.62. The molecule has 0 fully saturated rings. The van der Waals surface area contributed by atoms with Gasteiger partial charge in [-0.25, -0.2) is 0 Å². The highest BCUT2D eigenvalue weighted by molar-refractivity contribution is 8.00. The van der Waals surface area contributed by atoms with Crippen LogP contribution in [0.15, 0.2) is 24.3 Å². The van der Waals surface area contributed by atoms with Crippen molar-refractivity contribution < 1.29 is 17.9 Å². The van der Waals surface area contributed by atoms with Crippen molar-refractivity contribution in [3.63, 3.8) is 0 Å². The fraction of sp³-hybridized carbons (Fsp3) is 0.500. The molecule has 1 aromatic carbocycles. The first kappa shape index (κ1) is 15.2. The Morgan fingerprint density at radius 1 is 1.33 bits per heavy atom. The molecule has 1 atom stereocenters. The van der Waals surface area contributed by atoms with Crippen molar-refractivity contribution in [2.24, 2.45) is 5.73 Å². The largest absolute Gasteiger partial charge is 0.492 e. The Morgan fingerprint density at radius 2 is 2.00 bits per heavy atom. The van der Waals surface area contributed by atoms with Gasteiger partial charge in [-0.05, 0) is 24.2 Å². The molecule has 102 valence electrons. The van der Waals surface area contributed by atoms with Gasteiger partial charge in [0.1, 0.15) is 5.75 Å². The highest BCUT2D eigenvalue weighted by Gasteiger charge is 2.27. The minimum absolute atomic E-state index is 0.0115. The maximum Gasteiger partial charge on any atom is 0.441 e. The van der Waals surface area contributed by atoms with Gasteiger partial charge in [-0.2, -0.15) is 13.2 Å². The summed E-state index contributed by atoms with van der Waals surface area (Å²) in [4.78, 5) is 0. The number of benzene rings is 1. The molecule has 0 aliphatic rings. The summed E-state index contributed by atoms with van der Waals surface area (Å²) in [5.74, 6) is 0.439. The zero-order valence-electron chi connectivity index (χ0n) is 10.0. The monoisotopic (exact) mass is 279 g/mol. The van der Waals surface area contributed by atoms with Crippen molar-refractivity contribution in [1.82, 2.24) is 0 Å². The molecule has 0 aliphatic heterocycles. The number of rotatable bonds is 6. The number of hydrogen-bond acceptors (Lipinski definition) is 3. The molecule has 0 aliphatic carbocycles. The van der Waals surface area contributed by atoms with Gasteiger partial charge in [0.15, 0.2) is 0 Å². The third kappa shape index (κ3) is 5.18. The van der Waals surface area contributed by atoms with Crippen LogP contribution in [0.3, 0.4) is 0 Å². The number of nitrogens with two attached hydrogens (primary N) is 1. The minimum Gasteiger partial charge on any atom is -0.492 e. The second kappa shape index (κ2) is 6.89. The molecule has 0 spiro atoms. The molecule has 0 aromatic heterocycles. The standard InChI is InChI=1S/C12H16F3NOS/c1-2-10(16)9-5-3-4-6-11(9)17-7-8-18-12(13,14)15/h3-6,10H,2,7-8,16H2,1H3/t10-/m0/s1. The number of halogens is 3. The molecule has 0 unspecified atom stereocenters. The molecule has 1 rings (SSSR count). The maximum atomic E-state index is 11.9. The fourth-order valence-corrected chi connectivity index (χ4v) is 1.85. The number of ether oxygens (including phenoxy) is 1. The normalized spacial score (nSPS) is 13.4. The summed E-state index contributed by atoms with van der Waals surface area (Å²) in [5, 5.41) is 0. The van der Waals surface area contributed by atoms with Crippen molar-refractivity contribution in [3.8, 4) is 5.75 Å². The summed E-state index contributed by atoms with van der Waals surface area (Å²) in [6, 6.07) is 7.01. The van der Waals surface area contributed by atoms with E-state index in [0.717, 1.165) is 12.0 Å². The van der Waals surface area contributed by atoms with Gasteiger partial charge < -0.3 is 10.5 Å². The Morgan fingerprint density at radius 3 is 2.61 bits per heavy atom. The number of alkyl halides is 3. The van der Waals surface area contributed by atoms with Crippen LogP contribution in [0.1, 0.15) is 24.9 Å². The van der Waals surface area contributed by atoms with E-state index in [0.29, 0.717) is 5.75 Å². The van der Waals surface area contributed by atoms with Crippen LogP contribution < -0.4 is 10.5 Å². The molecular formula is C12H16F3NOS. The second-order valence-electron chi connectivity index (χ2n) is 3.70. The highest BCUT2D eigenvalue weighted by Crippen LogP contribution is 2.30. The van der Waals surface area contributed by atoms with E-state index in [9.17, 15) is 13.2 Å². The van der Waals surface area contributed by atoms with Crippen LogP contribution in [0.25, 0.3) is 0 Å². The average Bonchev–Trinajstić information content (AvgIpc) is 2.33. The first-order valence-corrected chi connectivity index (χ1v) is 6.60. The summed E-state index contributed by atoms with van der Waals surface area (Å²) < 4.78 is 41.1. The van der Waals surface area contributed by atoms with Crippen LogP contribution in [0, 0.1) is 0 Å². The predicted molar refractivity (Wildman–Crippen MR) is 67.7 cm³/mol. The third-order valence-electron chi connectivity index (χ3n) is 2.36. The van der Waals surface area contributed by atoms with Gasteiger partial charge in [0.2, 0.25) is 0 Å². The maximum absolute atomic E-state index is 11.9. The Kier molecular flexibility index (Phi) is 5.81. The SMILES string of the molecule is CC[C@H](N)c1ccccc1OCCSC(F)(F)F. The molecule has 2 nitrogen and oxygen atoms in total. The lowest BCUT2D eigenvalue weighted by atomic mass is 10.0. The van der Waals surface area contributed by atoms with Gasteiger partial charge in [0.25, 0.3) is 0 Å². The summed E-state index contributed by atoms with van der Waals surface area (Å²) in [6.45, 7) is 1.96. The molecule has 0 amide bonds. The lowest BCUT2D eigenvalue weighted by molar-refractivity contribution is -0.0329. The number of thioether (sulfide) groups is 1. The lowest BCUT2D eigenvalue weighted by Gasteiger charge is -2.15. The van der Waals surface area contributed by atoms with Crippen LogP contribution in [-0.2, 0) is 0 Å². The highest BCUT2D eigenvalue weighted by atomic mass is 32.2. The topological polar surface area (TPSA) is 35.2 Å². The molecule has 2 N–H and O–H groups in total. The molecule has 0 saturated heterocycles. The van der Waals surface area contributed by atoms with E-state index in [1.165, 1.54) is 0 Å². The van der Waals surface area contributed by atoms with E-state index in [1.807, 2.05) is 19.1 Å². The van der Waals surface area contributed by atoms with Crippen molar-refractivity contribution in [3.05, 3.63) is 29.8 Å². The van der Waals surface area contributed by atoms with Gasteiger partial charge >= 0.3 is 5.51 Å². The van der Waals surface area contributed by atoms with Crippen LogP contribution in [0.4, 0.5) is 13.2 Å². The van der Waals surface area contributed by atoms with Crippen molar-refractivity contribution in [2.75, 3.05) is 12.4 Å². The third-order valence-corrected chi connectivity index (χ3v) is 3.06. The number of hydrogen-bond donors (Lipinski definition) is 1. The quantitative estimate of drug-likeness (QED) is 0.806. The van der Waals surface area contributed by atoms with E-state index in [-0.39, 0.29) is 30.2 Å². The molecule has 0 radical (unpaired) electrons. The van der Waals surface area contributed by atoms with Gasteiger partial charge in [-0.15, -0.1) is 0 Å². The molecular weight excluding hydrogens is 263 g/mol. The summed E-state index contributed by atoms with van der Waals surface area (Å²) >= 11 is -0.0834. The summed E-state index contributed by atoms with van der Waals surface area (Å²) in [6.07, 6.45) is 0.748. The van der Waals surface area contributed by atoms with Crippen molar-refractivity contribution >= 4 is 11.8 Å². The summed E-state index contributed by atoms with van der Waals surface area (Å²) in [7, 11) is 0. The van der Waals surface area contributed by atoms with Gasteiger partial charge in [0.05, 0.1) is 6.61 Å². The zero-order chi connectivity index (χ0) is 13.6. The molecule has 1 aromatic rings. The smallest absolute Gasteiger partial charge is 0.441 e. The Balaban J connectivity index is 2.52. The van der Waals surface area contributed by atoms with Crippen molar-refractivity contribution in [1.29, 1.82) is 0 Å². The predicted octanol–water partition coefficient (Wildman–Crippen LogP) is 3.73. The Labute approximate surface area is 109 Å². The number of para-hydroxylation sites is 1. The minimum atomic E-state index is -4.21. The molecule has 0 heterocycles. The van der Waals surface area contributed by atoms with Crippen LogP contribution >= 0.6 is 11.8 Å². The van der Waals surface area contributed by atoms with E-state index >= 15 is 0 Å². The van der Waals surface area contributed by atoms with Crippen LogP contribution in [0.2, 0.25) is 0 Å². The Hall–Kier alpha value is -0.880. The van der Waals surface area contributed by atoms with Gasteiger partial charge in [-0.3, -0.25) is 0 Å². The van der Waals surface area contributed by atoms with Gasteiger partial charge in [-0.1, -0.05) is 25.1 Å². The van der Waals surface area contributed by atoms with Crippen molar-refractivity contribution in [2.45, 2.75) is 24.9 Å². The first-order chi connectivity index (χ1) is 8.44. The Bertz CT molecular complexity index is 371. The molecule has 18 heavy (non-hydrogen) atoms. The van der Waals surface area contributed by atoms with E-state index < -0.39 is 5.51 Å². The zero-order valence-corrected chi connectivity index (χ0v) is 10.9. The molecule has 0 bridgehead atoms.